The van der Waals surface area contributed by atoms with E-state index < -0.39 is 9.84 Å². The van der Waals surface area contributed by atoms with Crippen LogP contribution in [0.2, 0.25) is 0 Å². The van der Waals surface area contributed by atoms with Gasteiger partial charge in [0.1, 0.15) is 0 Å². The van der Waals surface area contributed by atoms with Crippen molar-refractivity contribution >= 4 is 32.9 Å². The van der Waals surface area contributed by atoms with Crippen molar-refractivity contribution in [2.24, 2.45) is 0 Å². The van der Waals surface area contributed by atoms with Gasteiger partial charge in [-0.3, -0.25) is 9.59 Å². The van der Waals surface area contributed by atoms with E-state index in [1.165, 1.54) is 11.3 Å². The normalized spacial score (nSPS) is 12.6. The Labute approximate surface area is 152 Å². The van der Waals surface area contributed by atoms with Crippen LogP contribution in [0.5, 0.6) is 0 Å². The lowest BCUT2D eigenvalue weighted by Gasteiger charge is -2.25. The lowest BCUT2D eigenvalue weighted by Crippen LogP contribution is -2.29. The monoisotopic (exact) mass is 379 g/mol. The Balaban J connectivity index is 1.97. The molecule has 0 fully saturated rings. The molecule has 5 nitrogen and oxygen atoms in total. The first-order valence-electron chi connectivity index (χ1n) is 7.82. The number of benzene rings is 1. The molecule has 0 bridgehead atoms. The van der Waals surface area contributed by atoms with E-state index in [1.807, 2.05) is 18.4 Å². The Morgan fingerprint density at radius 3 is 2.28 bits per heavy atom. The Morgan fingerprint density at radius 2 is 1.76 bits per heavy atom. The predicted octanol–water partition coefficient (Wildman–Crippen LogP) is 3.33. The number of rotatable bonds is 7. The number of nitrogens with zero attached hydrogens (tertiary/aromatic N) is 1. The molecular weight excluding hydrogens is 358 g/mol. The van der Waals surface area contributed by atoms with Gasteiger partial charge in [0.15, 0.2) is 15.6 Å². The fourth-order valence-corrected chi connectivity index (χ4v) is 3.72. The van der Waals surface area contributed by atoms with Crippen molar-refractivity contribution in [1.29, 1.82) is 0 Å². The average molecular weight is 380 g/mol. The predicted molar refractivity (Wildman–Crippen MR) is 98.6 cm³/mol. The quantitative estimate of drug-likeness (QED) is 0.692. The SMILES string of the molecule is C[C@H](c1ccc(S(C)(=O)=O)cc1)N(C)C(=O)CCC(=O)c1cccs1. The Morgan fingerprint density at radius 1 is 1.12 bits per heavy atom. The van der Waals surface area contributed by atoms with Crippen LogP contribution in [0.1, 0.15) is 41.0 Å². The summed E-state index contributed by atoms with van der Waals surface area (Å²) in [6, 6.07) is 9.86. The zero-order valence-electron chi connectivity index (χ0n) is 14.4. The topological polar surface area (TPSA) is 71.5 Å². The van der Waals surface area contributed by atoms with Gasteiger partial charge in [0.25, 0.3) is 0 Å². The minimum atomic E-state index is -3.24. The molecule has 0 aliphatic heterocycles. The smallest absolute Gasteiger partial charge is 0.223 e. The highest BCUT2D eigenvalue weighted by Gasteiger charge is 2.19. The van der Waals surface area contributed by atoms with Gasteiger partial charge in [-0.05, 0) is 36.1 Å². The third-order valence-corrected chi connectivity index (χ3v) is 6.17. The number of carbonyl (C=O) groups is 2. The van der Waals surface area contributed by atoms with Crippen LogP contribution in [0.15, 0.2) is 46.7 Å². The van der Waals surface area contributed by atoms with Gasteiger partial charge in [-0.15, -0.1) is 11.3 Å². The number of thiophene rings is 1. The van der Waals surface area contributed by atoms with Crippen LogP contribution < -0.4 is 0 Å². The number of amides is 1. The summed E-state index contributed by atoms with van der Waals surface area (Å²) in [5.41, 5.74) is 0.841. The number of ketones is 1. The number of Topliss-reactive ketones (excluding diaryl/α,β-unsaturated/α-hetero) is 1. The van der Waals surface area contributed by atoms with Crippen molar-refractivity contribution < 1.29 is 18.0 Å². The van der Waals surface area contributed by atoms with Crippen molar-refractivity contribution in [3.05, 3.63) is 52.2 Å². The first-order chi connectivity index (χ1) is 11.7. The summed E-state index contributed by atoms with van der Waals surface area (Å²) in [7, 11) is -1.55. The number of hydrogen-bond acceptors (Lipinski definition) is 5. The molecule has 0 spiro atoms. The van der Waals surface area contributed by atoms with Gasteiger partial charge >= 0.3 is 0 Å². The minimum absolute atomic E-state index is 0.0260. The van der Waals surface area contributed by atoms with Crippen LogP contribution in [-0.4, -0.2) is 38.3 Å². The van der Waals surface area contributed by atoms with Gasteiger partial charge in [-0.1, -0.05) is 18.2 Å². The van der Waals surface area contributed by atoms with Crippen LogP contribution in [0, 0.1) is 0 Å². The van der Waals surface area contributed by atoms with Gasteiger partial charge < -0.3 is 4.90 Å². The van der Waals surface area contributed by atoms with Crippen LogP contribution in [0.4, 0.5) is 0 Å². The molecule has 0 unspecified atom stereocenters. The number of carbonyl (C=O) groups excluding carboxylic acids is 2. The fraction of sp³-hybridized carbons (Fsp3) is 0.333. The summed E-state index contributed by atoms with van der Waals surface area (Å²) in [5, 5.41) is 1.84. The van der Waals surface area contributed by atoms with Gasteiger partial charge in [-0.2, -0.15) is 0 Å². The Bertz CT molecular complexity index is 840. The van der Waals surface area contributed by atoms with Crippen molar-refractivity contribution in [2.75, 3.05) is 13.3 Å². The molecule has 0 aliphatic rings. The van der Waals surface area contributed by atoms with Crippen LogP contribution in [-0.2, 0) is 14.6 Å². The Kier molecular flexibility index (Phi) is 6.13. The average Bonchev–Trinajstić information content (AvgIpc) is 3.12. The second-order valence-electron chi connectivity index (χ2n) is 5.92. The number of hydrogen-bond donors (Lipinski definition) is 0. The highest BCUT2D eigenvalue weighted by Crippen LogP contribution is 2.22. The van der Waals surface area contributed by atoms with Crippen molar-refractivity contribution in [3.63, 3.8) is 0 Å². The number of sulfone groups is 1. The molecular formula is C18H21NO4S2. The van der Waals surface area contributed by atoms with E-state index in [0.29, 0.717) is 4.88 Å². The molecule has 1 heterocycles. The third kappa shape index (κ3) is 4.99. The van der Waals surface area contributed by atoms with Crippen molar-refractivity contribution in [3.8, 4) is 0 Å². The van der Waals surface area contributed by atoms with E-state index >= 15 is 0 Å². The van der Waals surface area contributed by atoms with E-state index in [4.69, 9.17) is 0 Å². The van der Waals surface area contributed by atoms with Crippen LogP contribution in [0.3, 0.4) is 0 Å². The lowest BCUT2D eigenvalue weighted by molar-refractivity contribution is -0.131. The van der Waals surface area contributed by atoms with E-state index in [1.54, 1.807) is 42.3 Å². The van der Waals surface area contributed by atoms with Crippen molar-refractivity contribution in [1.82, 2.24) is 4.90 Å². The molecule has 0 saturated heterocycles. The van der Waals surface area contributed by atoms with Gasteiger partial charge in [-0.25, -0.2) is 8.42 Å². The molecule has 1 amide bonds. The zero-order chi connectivity index (χ0) is 18.6. The fourth-order valence-electron chi connectivity index (χ4n) is 2.39. The first kappa shape index (κ1) is 19.3. The van der Waals surface area contributed by atoms with E-state index in [0.717, 1.165) is 11.8 Å². The molecule has 0 aliphatic carbocycles. The summed E-state index contributed by atoms with van der Waals surface area (Å²) >= 11 is 1.37. The highest BCUT2D eigenvalue weighted by molar-refractivity contribution is 7.90. The lowest BCUT2D eigenvalue weighted by atomic mass is 10.1. The molecule has 2 rings (SSSR count). The summed E-state index contributed by atoms with van der Waals surface area (Å²) in [6.45, 7) is 1.87. The van der Waals surface area contributed by atoms with Gasteiger partial charge in [0, 0.05) is 26.1 Å². The molecule has 0 saturated carbocycles. The molecule has 1 aromatic carbocycles. The van der Waals surface area contributed by atoms with Crippen LogP contribution in [0.25, 0.3) is 0 Å². The summed E-state index contributed by atoms with van der Waals surface area (Å²) in [5.74, 6) is -0.147. The van der Waals surface area contributed by atoms with E-state index in [-0.39, 0.29) is 35.5 Å². The largest absolute Gasteiger partial charge is 0.339 e. The minimum Gasteiger partial charge on any atom is -0.339 e. The molecule has 1 atom stereocenters. The zero-order valence-corrected chi connectivity index (χ0v) is 16.1. The molecule has 2 aromatic rings. The Hall–Kier alpha value is -1.99. The molecule has 0 radical (unpaired) electrons. The maximum atomic E-state index is 12.3. The summed E-state index contributed by atoms with van der Waals surface area (Å²) in [6.07, 6.45) is 1.49. The second-order valence-corrected chi connectivity index (χ2v) is 8.89. The van der Waals surface area contributed by atoms with Gasteiger partial charge in [0.2, 0.25) is 5.91 Å². The molecule has 7 heteroatoms. The molecule has 1 aromatic heterocycles. The van der Waals surface area contributed by atoms with E-state index in [2.05, 4.69) is 0 Å². The summed E-state index contributed by atoms with van der Waals surface area (Å²) in [4.78, 5) is 26.8. The molecule has 0 N–H and O–H groups in total. The maximum absolute atomic E-state index is 12.3. The second kappa shape index (κ2) is 7.93. The third-order valence-electron chi connectivity index (χ3n) is 4.13. The maximum Gasteiger partial charge on any atom is 0.223 e. The van der Waals surface area contributed by atoms with Crippen molar-refractivity contribution in [2.45, 2.75) is 30.7 Å². The highest BCUT2D eigenvalue weighted by atomic mass is 32.2. The molecule has 25 heavy (non-hydrogen) atoms. The first-order valence-corrected chi connectivity index (χ1v) is 10.6. The van der Waals surface area contributed by atoms with Crippen LogP contribution >= 0.6 is 11.3 Å². The van der Waals surface area contributed by atoms with Gasteiger partial charge in [0.05, 0.1) is 15.8 Å². The standard InChI is InChI=1S/C18H21NO4S2/c1-13(14-6-8-15(9-7-14)25(3,22)23)19(2)18(21)11-10-16(20)17-5-4-12-24-17/h4-9,12-13H,10-11H2,1-3H3/t13-/m1/s1. The molecule has 134 valence electrons. The summed E-state index contributed by atoms with van der Waals surface area (Å²) < 4.78 is 23.0. The van der Waals surface area contributed by atoms with E-state index in [9.17, 15) is 18.0 Å².